The summed E-state index contributed by atoms with van der Waals surface area (Å²) in [6.07, 6.45) is -3.57. The van der Waals surface area contributed by atoms with Crippen molar-refractivity contribution < 1.29 is 23.1 Å². The molecule has 1 aromatic rings. The van der Waals surface area contributed by atoms with Gasteiger partial charge in [0.25, 0.3) is 0 Å². The van der Waals surface area contributed by atoms with Crippen molar-refractivity contribution in [2.24, 2.45) is 5.92 Å². The predicted molar refractivity (Wildman–Crippen MR) is 75.2 cm³/mol. The minimum absolute atomic E-state index is 0.0743. The van der Waals surface area contributed by atoms with E-state index < -0.39 is 18.1 Å². The number of carboxylic acid groups (broad SMARTS) is 1. The van der Waals surface area contributed by atoms with Gasteiger partial charge in [-0.15, -0.1) is 0 Å². The van der Waals surface area contributed by atoms with E-state index in [0.29, 0.717) is 23.0 Å². The summed E-state index contributed by atoms with van der Waals surface area (Å²) < 4.78 is 39.1. The molecular formula is C14H15BrF3NO2. The number of carboxylic acids is 1. The zero-order valence-electron chi connectivity index (χ0n) is 11.2. The van der Waals surface area contributed by atoms with E-state index in [4.69, 9.17) is 5.11 Å². The molecule has 1 unspecified atom stereocenters. The lowest BCUT2D eigenvalue weighted by atomic mass is 9.96. The Bertz CT molecular complexity index is 533. The Kier molecular flexibility index (Phi) is 4.93. The largest absolute Gasteiger partial charge is 0.478 e. The number of alkyl halides is 3. The molecule has 0 radical (unpaired) electrons. The van der Waals surface area contributed by atoms with Crippen molar-refractivity contribution >= 4 is 21.9 Å². The highest BCUT2D eigenvalue weighted by Gasteiger charge is 2.41. The number of piperidine rings is 1. The van der Waals surface area contributed by atoms with E-state index in [2.05, 4.69) is 15.9 Å². The minimum Gasteiger partial charge on any atom is -0.478 e. The molecule has 1 saturated heterocycles. The van der Waals surface area contributed by atoms with E-state index in [1.165, 1.54) is 6.07 Å². The molecule has 0 aliphatic carbocycles. The Morgan fingerprint density at radius 2 is 2.14 bits per heavy atom. The fourth-order valence-electron chi connectivity index (χ4n) is 2.61. The highest BCUT2D eigenvalue weighted by atomic mass is 79.9. The fourth-order valence-corrected chi connectivity index (χ4v) is 3.02. The summed E-state index contributed by atoms with van der Waals surface area (Å²) >= 11 is 3.26. The lowest BCUT2D eigenvalue weighted by Crippen LogP contribution is -2.41. The van der Waals surface area contributed by atoms with Gasteiger partial charge in [-0.3, -0.25) is 4.90 Å². The van der Waals surface area contributed by atoms with Crippen molar-refractivity contribution in [2.45, 2.75) is 25.6 Å². The number of halogens is 4. The topological polar surface area (TPSA) is 40.5 Å². The summed E-state index contributed by atoms with van der Waals surface area (Å²) in [5.41, 5.74) is 0.659. The molecule has 1 fully saturated rings. The van der Waals surface area contributed by atoms with Crippen LogP contribution in [-0.4, -0.2) is 35.2 Å². The van der Waals surface area contributed by atoms with Crippen molar-refractivity contribution in [2.75, 3.05) is 13.1 Å². The zero-order chi connectivity index (χ0) is 15.6. The molecule has 1 heterocycles. The van der Waals surface area contributed by atoms with Gasteiger partial charge in [0.2, 0.25) is 0 Å². The summed E-state index contributed by atoms with van der Waals surface area (Å²) in [6, 6.07) is 4.73. The minimum atomic E-state index is -4.19. The van der Waals surface area contributed by atoms with Crippen LogP contribution in [0.5, 0.6) is 0 Å². The summed E-state index contributed by atoms with van der Waals surface area (Å²) in [4.78, 5) is 12.9. The molecule has 21 heavy (non-hydrogen) atoms. The molecule has 0 bridgehead atoms. The molecule has 0 spiro atoms. The van der Waals surface area contributed by atoms with Gasteiger partial charge in [0.15, 0.2) is 0 Å². The number of carbonyl (C=O) groups is 1. The van der Waals surface area contributed by atoms with Gasteiger partial charge in [-0.05, 0) is 43.1 Å². The maximum Gasteiger partial charge on any atom is 0.393 e. The molecule has 1 atom stereocenters. The molecule has 1 aliphatic rings. The third-order valence-corrected chi connectivity index (χ3v) is 4.15. The maximum absolute atomic E-state index is 12.8. The number of hydrogen-bond acceptors (Lipinski definition) is 2. The third kappa shape index (κ3) is 4.20. The molecule has 116 valence electrons. The van der Waals surface area contributed by atoms with Crippen molar-refractivity contribution in [3.05, 3.63) is 33.8 Å². The number of aromatic carboxylic acids is 1. The van der Waals surface area contributed by atoms with Gasteiger partial charge in [-0.2, -0.15) is 13.2 Å². The maximum atomic E-state index is 12.8. The first-order valence-electron chi connectivity index (χ1n) is 6.58. The van der Waals surface area contributed by atoms with E-state index in [1.807, 2.05) is 0 Å². The first-order valence-corrected chi connectivity index (χ1v) is 7.37. The molecule has 2 rings (SSSR count). The van der Waals surface area contributed by atoms with E-state index in [1.54, 1.807) is 17.0 Å². The first kappa shape index (κ1) is 16.3. The molecular weight excluding hydrogens is 351 g/mol. The van der Waals surface area contributed by atoms with Crippen LogP contribution in [0.3, 0.4) is 0 Å². The quantitative estimate of drug-likeness (QED) is 0.882. The van der Waals surface area contributed by atoms with Gasteiger partial charge in [0, 0.05) is 17.6 Å². The third-order valence-electron chi connectivity index (χ3n) is 3.66. The van der Waals surface area contributed by atoms with Gasteiger partial charge in [-0.25, -0.2) is 4.79 Å². The highest BCUT2D eigenvalue weighted by molar-refractivity contribution is 9.10. The van der Waals surface area contributed by atoms with Crippen LogP contribution < -0.4 is 0 Å². The molecule has 0 aromatic heterocycles. The summed E-state index contributed by atoms with van der Waals surface area (Å²) in [5.74, 6) is -2.39. The van der Waals surface area contributed by atoms with Gasteiger partial charge in [0.1, 0.15) is 0 Å². The lowest BCUT2D eigenvalue weighted by Gasteiger charge is -2.34. The standard InChI is InChI=1S/C14H15BrF3NO2/c15-11-3-4-12(13(20)21)9(6-11)7-19-5-1-2-10(8-19)14(16,17)18/h3-4,6,10H,1-2,5,7-8H2,(H,20,21). The van der Waals surface area contributed by atoms with E-state index in [-0.39, 0.29) is 25.1 Å². The molecule has 0 amide bonds. The van der Waals surface area contributed by atoms with Crippen LogP contribution in [0, 0.1) is 5.92 Å². The van der Waals surface area contributed by atoms with Crippen LogP contribution in [0.25, 0.3) is 0 Å². The Morgan fingerprint density at radius 1 is 1.43 bits per heavy atom. The van der Waals surface area contributed by atoms with Gasteiger partial charge in [0.05, 0.1) is 11.5 Å². The van der Waals surface area contributed by atoms with Gasteiger partial charge in [-0.1, -0.05) is 15.9 Å². The van der Waals surface area contributed by atoms with Gasteiger partial charge < -0.3 is 5.11 Å². The first-order chi connectivity index (χ1) is 9.77. The van der Waals surface area contributed by atoms with Crippen molar-refractivity contribution in [1.29, 1.82) is 0 Å². The predicted octanol–water partition coefficient (Wildman–Crippen LogP) is 3.92. The zero-order valence-corrected chi connectivity index (χ0v) is 12.7. The Hall–Kier alpha value is -1.08. The van der Waals surface area contributed by atoms with E-state index >= 15 is 0 Å². The van der Waals surface area contributed by atoms with E-state index in [0.717, 1.165) is 0 Å². The Balaban J connectivity index is 2.14. The molecule has 1 aromatic carbocycles. The van der Waals surface area contributed by atoms with Crippen molar-refractivity contribution in [3.63, 3.8) is 0 Å². The Morgan fingerprint density at radius 3 is 2.76 bits per heavy atom. The number of hydrogen-bond donors (Lipinski definition) is 1. The van der Waals surface area contributed by atoms with Crippen LogP contribution in [-0.2, 0) is 6.54 Å². The van der Waals surface area contributed by atoms with Crippen LogP contribution in [0.15, 0.2) is 22.7 Å². The number of nitrogens with zero attached hydrogens (tertiary/aromatic N) is 1. The second-order valence-corrected chi connectivity index (χ2v) is 6.14. The average molecular weight is 366 g/mol. The highest BCUT2D eigenvalue weighted by Crippen LogP contribution is 2.33. The number of rotatable bonds is 3. The average Bonchev–Trinajstić information content (AvgIpc) is 2.37. The monoisotopic (exact) mass is 365 g/mol. The second kappa shape index (κ2) is 6.36. The van der Waals surface area contributed by atoms with E-state index in [9.17, 15) is 18.0 Å². The van der Waals surface area contributed by atoms with Crippen molar-refractivity contribution in [3.8, 4) is 0 Å². The van der Waals surface area contributed by atoms with Crippen LogP contribution in [0.2, 0.25) is 0 Å². The molecule has 7 heteroatoms. The van der Waals surface area contributed by atoms with Crippen LogP contribution >= 0.6 is 15.9 Å². The molecule has 1 aliphatic heterocycles. The van der Waals surface area contributed by atoms with Crippen LogP contribution in [0.1, 0.15) is 28.8 Å². The van der Waals surface area contributed by atoms with Crippen LogP contribution in [0.4, 0.5) is 13.2 Å². The molecule has 0 saturated carbocycles. The molecule has 3 nitrogen and oxygen atoms in total. The second-order valence-electron chi connectivity index (χ2n) is 5.22. The number of benzene rings is 1. The van der Waals surface area contributed by atoms with Crippen molar-refractivity contribution in [1.82, 2.24) is 4.90 Å². The molecule has 1 N–H and O–H groups in total. The summed E-state index contributed by atoms with van der Waals surface area (Å²) in [6.45, 7) is 0.695. The van der Waals surface area contributed by atoms with Gasteiger partial charge >= 0.3 is 12.1 Å². The summed E-state index contributed by atoms with van der Waals surface area (Å²) in [7, 11) is 0. The SMILES string of the molecule is O=C(O)c1ccc(Br)cc1CN1CCCC(C(F)(F)F)C1. The smallest absolute Gasteiger partial charge is 0.393 e. The lowest BCUT2D eigenvalue weighted by molar-refractivity contribution is -0.187. The fraction of sp³-hybridized carbons (Fsp3) is 0.500. The normalized spacial score (nSPS) is 20.5. The summed E-state index contributed by atoms with van der Waals surface area (Å²) in [5, 5.41) is 9.15. The number of likely N-dealkylation sites (tertiary alicyclic amines) is 1. The Labute approximate surface area is 128 Å².